The molecule has 0 radical (unpaired) electrons. The van der Waals surface area contributed by atoms with Crippen molar-refractivity contribution in [1.82, 2.24) is 5.32 Å². The van der Waals surface area contributed by atoms with Gasteiger partial charge in [-0.3, -0.25) is 0 Å². The minimum Gasteiger partial charge on any atom is -0.392 e. The zero-order valence-corrected chi connectivity index (χ0v) is 9.09. The maximum Gasteiger partial charge on any atom is 0.0692 e. The molecular formula is C10H24N2O. The molecule has 0 aliphatic heterocycles. The number of aliphatic hydroxyl groups is 1. The molecule has 3 heteroatoms. The van der Waals surface area contributed by atoms with Crippen LogP contribution in [0.4, 0.5) is 0 Å². The van der Waals surface area contributed by atoms with Gasteiger partial charge < -0.3 is 16.2 Å². The van der Waals surface area contributed by atoms with E-state index in [1.165, 1.54) is 0 Å². The summed E-state index contributed by atoms with van der Waals surface area (Å²) in [6.07, 6.45) is 1.84. The first-order valence-electron chi connectivity index (χ1n) is 5.27. The Morgan fingerprint density at radius 2 is 1.85 bits per heavy atom. The molecule has 0 bridgehead atoms. The lowest BCUT2D eigenvalue weighted by molar-refractivity contribution is 0.0991. The Hall–Kier alpha value is -0.120. The molecule has 0 aliphatic carbocycles. The summed E-state index contributed by atoms with van der Waals surface area (Å²) < 4.78 is 0. The molecule has 0 aromatic carbocycles. The number of aliphatic hydroxyl groups excluding tert-OH is 1. The van der Waals surface area contributed by atoms with E-state index in [0.29, 0.717) is 25.0 Å². The van der Waals surface area contributed by atoms with Gasteiger partial charge in [-0.2, -0.15) is 0 Å². The van der Waals surface area contributed by atoms with Crippen LogP contribution in [0.1, 0.15) is 33.6 Å². The molecule has 13 heavy (non-hydrogen) atoms. The fourth-order valence-corrected chi connectivity index (χ4v) is 1.40. The lowest BCUT2D eigenvalue weighted by Gasteiger charge is -2.22. The molecule has 0 saturated heterocycles. The molecule has 0 spiro atoms. The monoisotopic (exact) mass is 188 g/mol. The SMILES string of the molecule is CCC(CC)C(O)CNC(C)CN. The van der Waals surface area contributed by atoms with E-state index in [9.17, 15) is 5.11 Å². The average molecular weight is 188 g/mol. The molecule has 2 unspecified atom stereocenters. The minimum atomic E-state index is -0.232. The summed E-state index contributed by atoms with van der Waals surface area (Å²) in [6, 6.07) is 0.295. The van der Waals surface area contributed by atoms with Gasteiger partial charge in [-0.15, -0.1) is 0 Å². The highest BCUT2D eigenvalue weighted by molar-refractivity contribution is 4.71. The molecule has 0 rings (SSSR count). The summed E-state index contributed by atoms with van der Waals surface area (Å²) in [5, 5.41) is 13.0. The van der Waals surface area contributed by atoms with E-state index in [1.54, 1.807) is 0 Å². The van der Waals surface area contributed by atoms with Crippen LogP contribution >= 0.6 is 0 Å². The first-order valence-corrected chi connectivity index (χ1v) is 5.27. The highest BCUT2D eigenvalue weighted by atomic mass is 16.3. The van der Waals surface area contributed by atoms with Crippen molar-refractivity contribution < 1.29 is 5.11 Å². The van der Waals surface area contributed by atoms with Gasteiger partial charge >= 0.3 is 0 Å². The third kappa shape index (κ3) is 5.24. The van der Waals surface area contributed by atoms with Crippen LogP contribution < -0.4 is 11.1 Å². The number of rotatable bonds is 7. The van der Waals surface area contributed by atoms with Crippen molar-refractivity contribution in [3.8, 4) is 0 Å². The first-order chi connectivity index (χ1) is 6.15. The van der Waals surface area contributed by atoms with Crippen molar-refractivity contribution in [3.05, 3.63) is 0 Å². The second-order valence-electron chi connectivity index (χ2n) is 3.69. The van der Waals surface area contributed by atoms with E-state index in [4.69, 9.17) is 5.73 Å². The number of hydrogen-bond acceptors (Lipinski definition) is 3. The second kappa shape index (κ2) is 7.30. The van der Waals surface area contributed by atoms with Crippen LogP contribution in [0.2, 0.25) is 0 Å². The van der Waals surface area contributed by atoms with E-state index in [0.717, 1.165) is 12.8 Å². The quantitative estimate of drug-likeness (QED) is 0.552. The Morgan fingerprint density at radius 3 is 2.23 bits per heavy atom. The Morgan fingerprint density at radius 1 is 1.31 bits per heavy atom. The van der Waals surface area contributed by atoms with E-state index >= 15 is 0 Å². The normalized spacial score (nSPS) is 16.2. The largest absolute Gasteiger partial charge is 0.392 e. The molecule has 3 nitrogen and oxygen atoms in total. The van der Waals surface area contributed by atoms with Gasteiger partial charge in [-0.25, -0.2) is 0 Å². The summed E-state index contributed by atoms with van der Waals surface area (Å²) in [6.45, 7) is 7.54. The predicted octanol–water partition coefficient (Wildman–Crippen LogP) is 0.720. The number of hydrogen-bond donors (Lipinski definition) is 3. The summed E-state index contributed by atoms with van der Waals surface area (Å²) in [5.74, 6) is 0.414. The number of nitrogens with two attached hydrogens (primary N) is 1. The first kappa shape index (κ1) is 12.9. The minimum absolute atomic E-state index is 0.232. The van der Waals surface area contributed by atoms with Gasteiger partial charge in [0.1, 0.15) is 0 Å². The Balaban J connectivity index is 3.65. The zero-order chi connectivity index (χ0) is 10.3. The van der Waals surface area contributed by atoms with Crippen molar-refractivity contribution in [2.24, 2.45) is 11.7 Å². The second-order valence-corrected chi connectivity index (χ2v) is 3.69. The third-order valence-corrected chi connectivity index (χ3v) is 2.62. The molecular weight excluding hydrogens is 164 g/mol. The Bertz CT molecular complexity index is 115. The van der Waals surface area contributed by atoms with E-state index in [1.807, 2.05) is 6.92 Å². The van der Waals surface area contributed by atoms with Crippen LogP contribution in [-0.4, -0.2) is 30.3 Å². The summed E-state index contributed by atoms with van der Waals surface area (Å²) >= 11 is 0. The molecule has 2 atom stereocenters. The van der Waals surface area contributed by atoms with Gasteiger partial charge in [-0.05, 0) is 12.8 Å². The van der Waals surface area contributed by atoms with Crippen LogP contribution in [0.15, 0.2) is 0 Å². The fourth-order valence-electron chi connectivity index (χ4n) is 1.40. The molecule has 0 aromatic rings. The molecule has 0 saturated carbocycles. The van der Waals surface area contributed by atoms with Crippen LogP contribution in [0.25, 0.3) is 0 Å². The van der Waals surface area contributed by atoms with Crippen LogP contribution in [0.3, 0.4) is 0 Å². The smallest absolute Gasteiger partial charge is 0.0692 e. The van der Waals surface area contributed by atoms with Crippen molar-refractivity contribution in [3.63, 3.8) is 0 Å². The van der Waals surface area contributed by atoms with E-state index < -0.39 is 0 Å². The maximum absolute atomic E-state index is 9.75. The average Bonchev–Trinajstić information content (AvgIpc) is 2.16. The maximum atomic E-state index is 9.75. The highest BCUT2D eigenvalue weighted by Crippen LogP contribution is 2.12. The van der Waals surface area contributed by atoms with Crippen molar-refractivity contribution in [2.75, 3.05) is 13.1 Å². The summed E-state index contributed by atoms with van der Waals surface area (Å²) in [4.78, 5) is 0. The van der Waals surface area contributed by atoms with Gasteiger partial charge in [0.2, 0.25) is 0 Å². The summed E-state index contributed by atoms with van der Waals surface area (Å²) in [5.41, 5.74) is 5.46. The van der Waals surface area contributed by atoms with Gasteiger partial charge in [0.05, 0.1) is 6.10 Å². The lowest BCUT2D eigenvalue weighted by Crippen LogP contribution is -2.40. The van der Waals surface area contributed by atoms with E-state index in [-0.39, 0.29) is 6.10 Å². The zero-order valence-electron chi connectivity index (χ0n) is 9.09. The fraction of sp³-hybridized carbons (Fsp3) is 1.00. The highest BCUT2D eigenvalue weighted by Gasteiger charge is 2.15. The van der Waals surface area contributed by atoms with Crippen molar-refractivity contribution in [2.45, 2.75) is 45.8 Å². The molecule has 0 fully saturated rings. The van der Waals surface area contributed by atoms with Crippen LogP contribution in [-0.2, 0) is 0 Å². The molecule has 0 heterocycles. The molecule has 0 aromatic heterocycles. The lowest BCUT2D eigenvalue weighted by atomic mass is 9.96. The molecule has 0 amide bonds. The predicted molar refractivity (Wildman–Crippen MR) is 56.6 cm³/mol. The Labute approximate surface area is 81.7 Å². The van der Waals surface area contributed by atoms with Crippen LogP contribution in [0.5, 0.6) is 0 Å². The van der Waals surface area contributed by atoms with Gasteiger partial charge in [0, 0.05) is 19.1 Å². The van der Waals surface area contributed by atoms with Gasteiger partial charge in [-0.1, -0.05) is 26.7 Å². The topological polar surface area (TPSA) is 58.3 Å². The molecule has 80 valence electrons. The molecule has 0 aliphatic rings. The van der Waals surface area contributed by atoms with Gasteiger partial charge in [0.15, 0.2) is 0 Å². The molecule has 4 N–H and O–H groups in total. The Kier molecular flexibility index (Phi) is 7.23. The van der Waals surface area contributed by atoms with Crippen molar-refractivity contribution in [1.29, 1.82) is 0 Å². The standard InChI is InChI=1S/C10H24N2O/c1-4-9(5-2)10(13)7-12-8(3)6-11/h8-10,12-13H,4-7,11H2,1-3H3. The van der Waals surface area contributed by atoms with Crippen molar-refractivity contribution >= 4 is 0 Å². The third-order valence-electron chi connectivity index (χ3n) is 2.62. The van der Waals surface area contributed by atoms with E-state index in [2.05, 4.69) is 19.2 Å². The van der Waals surface area contributed by atoms with Crippen LogP contribution in [0, 0.1) is 5.92 Å². The van der Waals surface area contributed by atoms with Gasteiger partial charge in [0.25, 0.3) is 0 Å². The number of nitrogens with one attached hydrogen (secondary N) is 1. The summed E-state index contributed by atoms with van der Waals surface area (Å²) in [7, 11) is 0.